The van der Waals surface area contributed by atoms with Gasteiger partial charge in [-0.05, 0) is 63.2 Å². The molecule has 1 unspecified atom stereocenters. The van der Waals surface area contributed by atoms with Gasteiger partial charge in [-0.3, -0.25) is 14.4 Å². The average Bonchev–Trinajstić information content (AvgIpc) is 2.88. The molecule has 1 aromatic carbocycles. The Balaban J connectivity index is 0.00000164. The van der Waals surface area contributed by atoms with Gasteiger partial charge in [0.05, 0.1) is 10.1 Å². The second-order valence-electron chi connectivity index (χ2n) is 7.05. The van der Waals surface area contributed by atoms with E-state index < -0.39 is 0 Å². The third kappa shape index (κ3) is 11.8. The zero-order chi connectivity index (χ0) is 25.9. The van der Waals surface area contributed by atoms with E-state index in [1.807, 2.05) is 67.2 Å². The number of terminal acetylenes is 1. The summed E-state index contributed by atoms with van der Waals surface area (Å²) in [5.41, 5.74) is 1.69. The first kappa shape index (κ1) is 31.0. The van der Waals surface area contributed by atoms with Crippen molar-refractivity contribution >= 4 is 47.2 Å². The SMILES string of the molecule is C#C.C/C=C\N(C)c1ccc(C(=O)N2CCCC(NC(=O)CS/C(Cl)=C\C)C2)cc1.C=CC=O. The maximum absolute atomic E-state index is 12.8. The summed E-state index contributed by atoms with van der Waals surface area (Å²) >= 11 is 7.23. The van der Waals surface area contributed by atoms with Crippen LogP contribution in [0.25, 0.3) is 0 Å². The van der Waals surface area contributed by atoms with E-state index in [9.17, 15) is 9.59 Å². The van der Waals surface area contributed by atoms with Crippen LogP contribution < -0.4 is 10.2 Å². The Hall–Kier alpha value is -2.95. The van der Waals surface area contributed by atoms with E-state index in [2.05, 4.69) is 24.7 Å². The molecule has 1 saturated heterocycles. The predicted octanol–water partition coefficient (Wildman–Crippen LogP) is 4.83. The Kier molecular flexibility index (Phi) is 16.9. The number of hydrogen-bond donors (Lipinski definition) is 1. The molecular formula is C26H34ClN3O3S. The molecule has 1 aromatic rings. The van der Waals surface area contributed by atoms with Crippen molar-refractivity contribution in [2.75, 3.05) is 30.8 Å². The number of carbonyl (C=O) groups excluding carboxylic acids is 3. The quantitative estimate of drug-likeness (QED) is 0.312. The summed E-state index contributed by atoms with van der Waals surface area (Å²) in [5, 5.41) is 3.02. The number of allylic oxidation sites excluding steroid dienone is 3. The number of thioether (sulfide) groups is 1. The highest BCUT2D eigenvalue weighted by Gasteiger charge is 2.25. The molecule has 1 aliphatic rings. The van der Waals surface area contributed by atoms with Crippen LogP contribution in [0.5, 0.6) is 0 Å². The number of benzene rings is 1. The number of likely N-dealkylation sites (tertiary alicyclic amines) is 1. The molecule has 1 N–H and O–H groups in total. The monoisotopic (exact) mass is 503 g/mol. The van der Waals surface area contributed by atoms with Gasteiger partial charge in [0.15, 0.2) is 0 Å². The van der Waals surface area contributed by atoms with Gasteiger partial charge in [-0.25, -0.2) is 0 Å². The van der Waals surface area contributed by atoms with Gasteiger partial charge in [0.25, 0.3) is 5.91 Å². The summed E-state index contributed by atoms with van der Waals surface area (Å²) < 4.78 is 0.610. The highest BCUT2D eigenvalue weighted by atomic mass is 35.5. The molecule has 2 rings (SSSR count). The second kappa shape index (κ2) is 18.5. The lowest BCUT2D eigenvalue weighted by atomic mass is 10.0. The molecule has 8 heteroatoms. The second-order valence-corrected chi connectivity index (χ2v) is 8.70. The van der Waals surface area contributed by atoms with E-state index in [1.165, 1.54) is 17.8 Å². The lowest BCUT2D eigenvalue weighted by molar-refractivity contribution is -0.119. The fraction of sp³-hybridized carbons (Fsp3) is 0.346. The van der Waals surface area contributed by atoms with Crippen LogP contribution in [-0.2, 0) is 9.59 Å². The lowest BCUT2D eigenvalue weighted by Crippen LogP contribution is -2.50. The fourth-order valence-corrected chi connectivity index (χ4v) is 3.78. The van der Waals surface area contributed by atoms with Crippen molar-refractivity contribution in [3.8, 4) is 12.8 Å². The minimum Gasteiger partial charge on any atom is -0.351 e. The van der Waals surface area contributed by atoms with Gasteiger partial charge in [0.2, 0.25) is 5.91 Å². The van der Waals surface area contributed by atoms with Crippen molar-refractivity contribution < 1.29 is 14.4 Å². The first-order valence-electron chi connectivity index (χ1n) is 10.7. The highest BCUT2D eigenvalue weighted by Crippen LogP contribution is 2.20. The van der Waals surface area contributed by atoms with Crippen LogP contribution in [0.1, 0.15) is 37.0 Å². The molecular weight excluding hydrogens is 470 g/mol. The van der Waals surface area contributed by atoms with Crippen LogP contribution >= 0.6 is 23.4 Å². The van der Waals surface area contributed by atoms with Gasteiger partial charge >= 0.3 is 0 Å². The van der Waals surface area contributed by atoms with E-state index in [4.69, 9.17) is 16.4 Å². The van der Waals surface area contributed by atoms with Crippen molar-refractivity contribution in [1.29, 1.82) is 0 Å². The summed E-state index contributed by atoms with van der Waals surface area (Å²) in [6.07, 6.45) is 17.3. The molecule has 0 aliphatic carbocycles. The van der Waals surface area contributed by atoms with Crippen LogP contribution in [0.4, 0.5) is 5.69 Å². The largest absolute Gasteiger partial charge is 0.351 e. The number of hydrogen-bond acceptors (Lipinski definition) is 5. The zero-order valence-electron chi connectivity index (χ0n) is 20.1. The van der Waals surface area contributed by atoms with Crippen LogP contribution in [0, 0.1) is 12.8 Å². The molecule has 0 aromatic heterocycles. The normalized spacial score (nSPS) is 15.2. The standard InChI is InChI=1S/C21H28ClN3O2S.C3H4O.C2H2/c1-4-12-24(3)18-10-8-16(9-11-18)21(27)25-13-6-7-17(14-25)23-20(26)15-28-19(22)5-2;1-2-3-4;1-2/h4-5,8-12,17H,6-7,13-15H2,1-3H3,(H,23,26);2-3H,1H2;1-2H/b12-4-,19-5-;;. The Morgan fingerprint density at radius 2 is 1.91 bits per heavy atom. The number of nitrogens with one attached hydrogen (secondary N) is 1. The Bertz CT molecular complexity index is 860. The number of anilines is 1. The number of aldehydes is 1. The Morgan fingerprint density at radius 3 is 2.44 bits per heavy atom. The summed E-state index contributed by atoms with van der Waals surface area (Å²) in [6.45, 7) is 8.16. The number of nitrogens with zero attached hydrogens (tertiary/aromatic N) is 2. The molecule has 0 bridgehead atoms. The van der Waals surface area contributed by atoms with Crippen molar-refractivity contribution in [3.63, 3.8) is 0 Å². The minimum absolute atomic E-state index is 0.00511. The number of piperidine rings is 1. The van der Waals surface area contributed by atoms with Crippen molar-refractivity contribution in [2.45, 2.75) is 32.7 Å². The molecule has 1 fully saturated rings. The first-order valence-corrected chi connectivity index (χ1v) is 12.1. The maximum atomic E-state index is 12.8. The van der Waals surface area contributed by atoms with Gasteiger partial charge in [0.1, 0.15) is 6.29 Å². The van der Waals surface area contributed by atoms with Crippen LogP contribution in [0.15, 0.2) is 59.6 Å². The Morgan fingerprint density at radius 1 is 1.29 bits per heavy atom. The third-order valence-corrected chi connectivity index (χ3v) is 6.10. The molecule has 0 radical (unpaired) electrons. The van der Waals surface area contributed by atoms with E-state index >= 15 is 0 Å². The molecule has 1 aliphatic heterocycles. The number of carbonyl (C=O) groups is 3. The van der Waals surface area contributed by atoms with Gasteiger partial charge < -0.3 is 15.1 Å². The summed E-state index contributed by atoms with van der Waals surface area (Å²) in [7, 11) is 1.97. The average molecular weight is 504 g/mol. The first-order chi connectivity index (χ1) is 16.4. The van der Waals surface area contributed by atoms with E-state index in [-0.39, 0.29) is 23.6 Å². The van der Waals surface area contributed by atoms with E-state index in [1.54, 1.807) is 6.08 Å². The molecule has 2 amide bonds. The third-order valence-electron chi connectivity index (χ3n) is 4.63. The number of rotatable bonds is 8. The number of amides is 2. The molecule has 0 saturated carbocycles. The summed E-state index contributed by atoms with van der Waals surface area (Å²) in [6, 6.07) is 7.58. The Labute approximate surface area is 213 Å². The smallest absolute Gasteiger partial charge is 0.253 e. The van der Waals surface area contributed by atoms with Crippen LogP contribution in [0.2, 0.25) is 0 Å². The molecule has 6 nitrogen and oxygen atoms in total. The van der Waals surface area contributed by atoms with Gasteiger partial charge in [0, 0.05) is 37.4 Å². The molecule has 0 spiro atoms. The van der Waals surface area contributed by atoms with Crippen molar-refractivity contribution in [3.05, 3.63) is 65.2 Å². The number of halogens is 1. The van der Waals surface area contributed by atoms with Crippen molar-refractivity contribution in [2.24, 2.45) is 0 Å². The maximum Gasteiger partial charge on any atom is 0.253 e. The molecule has 34 heavy (non-hydrogen) atoms. The zero-order valence-corrected chi connectivity index (χ0v) is 21.6. The predicted molar refractivity (Wildman–Crippen MR) is 145 cm³/mol. The van der Waals surface area contributed by atoms with Crippen LogP contribution in [0.3, 0.4) is 0 Å². The minimum atomic E-state index is -0.0549. The van der Waals surface area contributed by atoms with E-state index in [0.717, 1.165) is 18.5 Å². The van der Waals surface area contributed by atoms with Gasteiger partial charge in [-0.2, -0.15) is 0 Å². The molecule has 184 valence electrons. The molecule has 1 atom stereocenters. The van der Waals surface area contributed by atoms with Crippen LogP contribution in [-0.4, -0.2) is 54.9 Å². The summed E-state index contributed by atoms with van der Waals surface area (Å²) in [5.74, 6) is 0.237. The van der Waals surface area contributed by atoms with Gasteiger partial charge in [-0.15, -0.1) is 24.6 Å². The fourth-order valence-electron chi connectivity index (χ4n) is 3.10. The highest BCUT2D eigenvalue weighted by molar-refractivity contribution is 8.05. The molecule has 1 heterocycles. The van der Waals surface area contributed by atoms with Gasteiger partial charge in [-0.1, -0.05) is 30.3 Å². The van der Waals surface area contributed by atoms with Crippen molar-refractivity contribution in [1.82, 2.24) is 10.2 Å². The summed E-state index contributed by atoms with van der Waals surface area (Å²) in [4.78, 5) is 37.8. The van der Waals surface area contributed by atoms with E-state index in [0.29, 0.717) is 29.3 Å². The topological polar surface area (TPSA) is 69.7 Å². The lowest BCUT2D eigenvalue weighted by Gasteiger charge is -2.33.